The second-order valence-electron chi connectivity index (χ2n) is 4.95. The van der Waals surface area contributed by atoms with Gasteiger partial charge in [0.25, 0.3) is 5.91 Å². The Labute approximate surface area is 123 Å². The van der Waals surface area contributed by atoms with E-state index in [-0.39, 0.29) is 5.91 Å². The molecule has 1 amide bonds. The molecule has 0 atom stereocenters. The van der Waals surface area contributed by atoms with Crippen molar-refractivity contribution in [3.05, 3.63) is 41.1 Å². The Hall–Kier alpha value is -1.59. The van der Waals surface area contributed by atoms with E-state index in [0.717, 1.165) is 24.8 Å². The minimum Gasteiger partial charge on any atom is -0.322 e. The Morgan fingerprint density at radius 2 is 2.15 bits per heavy atom. The van der Waals surface area contributed by atoms with Crippen molar-refractivity contribution in [1.82, 2.24) is 10.2 Å². The minimum atomic E-state index is -0.0294. The Kier molecular flexibility index (Phi) is 3.89. The van der Waals surface area contributed by atoms with Gasteiger partial charge in [-0.1, -0.05) is 41.6 Å². The maximum atomic E-state index is 11.3. The molecule has 20 heavy (non-hydrogen) atoms. The van der Waals surface area contributed by atoms with Crippen LogP contribution in [0.1, 0.15) is 11.1 Å². The van der Waals surface area contributed by atoms with Crippen LogP contribution in [0.5, 0.6) is 0 Å². The number of amides is 1. The van der Waals surface area contributed by atoms with Crippen molar-refractivity contribution < 1.29 is 4.79 Å². The van der Waals surface area contributed by atoms with Crippen molar-refractivity contribution in [2.45, 2.75) is 6.92 Å². The third kappa shape index (κ3) is 2.94. The third-order valence-electron chi connectivity index (χ3n) is 3.35. The number of aliphatic imine (C=N–C) groups is 1. The van der Waals surface area contributed by atoms with Crippen LogP contribution in [-0.4, -0.2) is 41.4 Å². The lowest BCUT2D eigenvalue weighted by molar-refractivity contribution is -0.115. The highest BCUT2D eigenvalue weighted by Crippen LogP contribution is 2.22. The number of piperazine rings is 1. The van der Waals surface area contributed by atoms with E-state index in [2.05, 4.69) is 52.5 Å². The van der Waals surface area contributed by atoms with E-state index in [9.17, 15) is 4.79 Å². The molecule has 1 N–H and O–H groups in total. The first-order chi connectivity index (χ1) is 9.72. The van der Waals surface area contributed by atoms with Crippen molar-refractivity contribution in [2.75, 3.05) is 25.4 Å². The first-order valence-electron chi connectivity index (χ1n) is 6.72. The summed E-state index contributed by atoms with van der Waals surface area (Å²) in [6, 6.07) is 8.45. The van der Waals surface area contributed by atoms with E-state index in [1.165, 1.54) is 28.6 Å². The fourth-order valence-corrected chi connectivity index (χ4v) is 3.13. The molecule has 1 aromatic carbocycles. The predicted molar refractivity (Wildman–Crippen MR) is 83.6 cm³/mol. The predicted octanol–water partition coefficient (Wildman–Crippen LogP) is 1.87. The van der Waals surface area contributed by atoms with Gasteiger partial charge in [0.2, 0.25) is 0 Å². The zero-order valence-electron chi connectivity index (χ0n) is 11.4. The van der Waals surface area contributed by atoms with Crippen LogP contribution in [0.2, 0.25) is 0 Å². The Morgan fingerprint density at radius 1 is 1.35 bits per heavy atom. The monoisotopic (exact) mass is 287 g/mol. The largest absolute Gasteiger partial charge is 0.322 e. The number of nitrogens with zero attached hydrogens (tertiary/aromatic N) is 2. The number of benzene rings is 1. The van der Waals surface area contributed by atoms with Crippen molar-refractivity contribution >= 4 is 28.9 Å². The fourth-order valence-electron chi connectivity index (χ4n) is 2.28. The zero-order chi connectivity index (χ0) is 13.9. The molecule has 2 heterocycles. The van der Waals surface area contributed by atoms with E-state index in [4.69, 9.17) is 0 Å². The second-order valence-corrected chi connectivity index (χ2v) is 5.89. The summed E-state index contributed by atoms with van der Waals surface area (Å²) < 4.78 is 0. The lowest BCUT2D eigenvalue weighted by atomic mass is 10.1. The summed E-state index contributed by atoms with van der Waals surface area (Å²) in [5, 5.41) is 4.21. The Balaban J connectivity index is 1.87. The van der Waals surface area contributed by atoms with Crippen LogP contribution < -0.4 is 5.32 Å². The van der Waals surface area contributed by atoms with Gasteiger partial charge in [0.1, 0.15) is 0 Å². The molecule has 0 spiro atoms. The topological polar surface area (TPSA) is 44.7 Å². The molecule has 0 aromatic heterocycles. The van der Waals surface area contributed by atoms with Crippen LogP contribution in [0.25, 0.3) is 6.08 Å². The van der Waals surface area contributed by atoms with Crippen molar-refractivity contribution in [3.8, 4) is 0 Å². The van der Waals surface area contributed by atoms with Gasteiger partial charge >= 0.3 is 0 Å². The van der Waals surface area contributed by atoms with Crippen LogP contribution in [0.3, 0.4) is 0 Å². The number of nitrogens with one attached hydrogen (secondary N) is 1. The van der Waals surface area contributed by atoms with E-state index in [0.29, 0.717) is 5.75 Å². The average molecular weight is 287 g/mol. The first kappa shape index (κ1) is 13.4. The summed E-state index contributed by atoms with van der Waals surface area (Å²) in [6.07, 6.45) is 2.16. The van der Waals surface area contributed by atoms with E-state index in [1.54, 1.807) is 0 Å². The number of rotatable bonds is 1. The lowest BCUT2D eigenvalue weighted by Crippen LogP contribution is -2.43. The number of aryl methyl sites for hydroxylation is 1. The average Bonchev–Trinajstić information content (AvgIpc) is 2.88. The van der Waals surface area contributed by atoms with Gasteiger partial charge in [0.05, 0.1) is 5.75 Å². The molecule has 0 unspecified atom stereocenters. The molecule has 5 heteroatoms. The van der Waals surface area contributed by atoms with Gasteiger partial charge in [-0.2, -0.15) is 4.99 Å². The summed E-state index contributed by atoms with van der Waals surface area (Å²) in [5.74, 6) is 0.440. The van der Waals surface area contributed by atoms with E-state index < -0.39 is 0 Å². The molecule has 0 aliphatic carbocycles. The number of thioether (sulfide) groups is 1. The molecule has 4 nitrogen and oxygen atoms in total. The Morgan fingerprint density at radius 3 is 2.85 bits per heavy atom. The quantitative estimate of drug-likeness (QED) is 0.856. The standard InChI is InChI=1S/C15H17N3OS/c1-11-2-4-12(5-3-11)8-13-9-16-6-7-18(13)15-17-14(19)10-20-15/h2-5,8,16H,6-7,9-10H2,1H3. The van der Waals surface area contributed by atoms with Crippen molar-refractivity contribution in [1.29, 1.82) is 0 Å². The molecule has 104 valence electrons. The van der Waals surface area contributed by atoms with Crippen LogP contribution in [-0.2, 0) is 4.79 Å². The molecule has 1 aromatic rings. The summed E-state index contributed by atoms with van der Waals surface area (Å²) in [5.41, 5.74) is 3.60. The van der Waals surface area contributed by atoms with Crippen LogP contribution >= 0.6 is 11.8 Å². The van der Waals surface area contributed by atoms with Gasteiger partial charge in [-0.25, -0.2) is 0 Å². The highest BCUT2D eigenvalue weighted by atomic mass is 32.2. The summed E-state index contributed by atoms with van der Waals surface area (Å²) in [7, 11) is 0. The van der Waals surface area contributed by atoms with Gasteiger partial charge in [0, 0.05) is 25.3 Å². The summed E-state index contributed by atoms with van der Waals surface area (Å²) in [6.45, 7) is 4.67. The number of carbonyl (C=O) groups excluding carboxylic acids is 1. The van der Waals surface area contributed by atoms with E-state index >= 15 is 0 Å². The number of carbonyl (C=O) groups is 1. The molecule has 0 bridgehead atoms. The van der Waals surface area contributed by atoms with Gasteiger partial charge in [-0.15, -0.1) is 0 Å². The van der Waals surface area contributed by atoms with Crippen LogP contribution in [0.15, 0.2) is 35.0 Å². The minimum absolute atomic E-state index is 0.0294. The highest BCUT2D eigenvalue weighted by molar-refractivity contribution is 8.14. The Bertz CT molecular complexity index is 577. The second kappa shape index (κ2) is 5.81. The molecule has 1 fully saturated rings. The van der Waals surface area contributed by atoms with Gasteiger partial charge in [-0.3, -0.25) is 4.79 Å². The maximum absolute atomic E-state index is 11.3. The summed E-state index contributed by atoms with van der Waals surface area (Å²) >= 11 is 1.53. The molecule has 3 rings (SSSR count). The van der Waals surface area contributed by atoms with Crippen LogP contribution in [0, 0.1) is 6.92 Å². The zero-order valence-corrected chi connectivity index (χ0v) is 12.2. The normalized spacial score (nSPS) is 21.4. The van der Waals surface area contributed by atoms with Gasteiger partial charge < -0.3 is 10.2 Å². The SMILES string of the molecule is Cc1ccc(C=C2CNCCN2C2=NC(=O)CS2)cc1. The van der Waals surface area contributed by atoms with Crippen LogP contribution in [0.4, 0.5) is 0 Å². The molecule has 2 aliphatic rings. The molecule has 1 saturated heterocycles. The molecule has 2 aliphatic heterocycles. The highest BCUT2D eigenvalue weighted by Gasteiger charge is 2.25. The molecular formula is C15H17N3OS. The smallest absolute Gasteiger partial charge is 0.258 e. The van der Waals surface area contributed by atoms with Gasteiger partial charge in [0.15, 0.2) is 5.17 Å². The fraction of sp³-hybridized carbons (Fsp3) is 0.333. The molecule has 0 saturated carbocycles. The molecular weight excluding hydrogens is 270 g/mol. The van der Waals surface area contributed by atoms with Crippen molar-refractivity contribution in [3.63, 3.8) is 0 Å². The molecule has 0 radical (unpaired) electrons. The number of amidine groups is 1. The third-order valence-corrected chi connectivity index (χ3v) is 4.31. The van der Waals surface area contributed by atoms with Crippen molar-refractivity contribution in [2.24, 2.45) is 4.99 Å². The van der Waals surface area contributed by atoms with E-state index in [1.807, 2.05) is 0 Å². The number of hydrogen-bond donors (Lipinski definition) is 1. The van der Waals surface area contributed by atoms with Gasteiger partial charge in [-0.05, 0) is 18.6 Å². The summed E-state index contributed by atoms with van der Waals surface area (Å²) in [4.78, 5) is 17.6. The number of hydrogen-bond acceptors (Lipinski definition) is 4. The first-order valence-corrected chi connectivity index (χ1v) is 7.71. The maximum Gasteiger partial charge on any atom is 0.258 e. The lowest BCUT2D eigenvalue weighted by Gasteiger charge is -2.31.